The van der Waals surface area contributed by atoms with Crippen molar-refractivity contribution in [2.75, 3.05) is 39.1 Å². The molecule has 1 aliphatic rings. The van der Waals surface area contributed by atoms with E-state index in [0.29, 0.717) is 22.7 Å². The highest BCUT2D eigenvalue weighted by molar-refractivity contribution is 5.99. The lowest BCUT2D eigenvalue weighted by Gasteiger charge is -2.30. The third-order valence-corrected chi connectivity index (χ3v) is 6.16. The van der Waals surface area contributed by atoms with Crippen molar-refractivity contribution in [2.24, 2.45) is 0 Å². The van der Waals surface area contributed by atoms with E-state index in [1.54, 1.807) is 13.2 Å². The molecule has 1 atom stereocenters. The normalized spacial score (nSPS) is 15.9. The zero-order chi connectivity index (χ0) is 24.9. The first-order valence-corrected chi connectivity index (χ1v) is 11.5. The first kappa shape index (κ1) is 24.2. The zero-order valence-corrected chi connectivity index (χ0v) is 19.9. The second-order valence-corrected chi connectivity index (χ2v) is 8.75. The van der Waals surface area contributed by atoms with Gasteiger partial charge in [0.1, 0.15) is 5.75 Å². The van der Waals surface area contributed by atoms with Crippen molar-refractivity contribution in [3.8, 4) is 23.1 Å². The van der Waals surface area contributed by atoms with E-state index < -0.39 is 11.7 Å². The number of pyridine rings is 1. The van der Waals surface area contributed by atoms with E-state index >= 15 is 0 Å². The predicted octanol–water partition coefficient (Wildman–Crippen LogP) is 4.37. The number of carbonyl (C=O) groups excluding carboxylic acids is 1. The van der Waals surface area contributed by atoms with Crippen LogP contribution in [0, 0.1) is 17.1 Å². The van der Waals surface area contributed by atoms with E-state index in [-0.39, 0.29) is 18.3 Å². The number of rotatable bonds is 7. The number of nitrogens with zero attached hydrogens (tertiary/aromatic N) is 3. The van der Waals surface area contributed by atoms with Crippen molar-refractivity contribution >= 4 is 22.4 Å². The summed E-state index contributed by atoms with van der Waals surface area (Å²) in [5.74, 6) is -0.551. The van der Waals surface area contributed by atoms with E-state index in [9.17, 15) is 9.18 Å². The summed E-state index contributed by atoms with van der Waals surface area (Å²) in [5, 5.41) is 17.0. The molecule has 1 saturated heterocycles. The van der Waals surface area contributed by atoms with Gasteiger partial charge in [-0.15, -0.1) is 0 Å². The van der Waals surface area contributed by atoms with Crippen LogP contribution in [0.3, 0.4) is 0 Å². The maximum Gasteiger partial charge on any atom is 0.273 e. The van der Waals surface area contributed by atoms with Crippen molar-refractivity contribution in [3.63, 3.8) is 0 Å². The minimum absolute atomic E-state index is 0.0314. The average Bonchev–Trinajstić information content (AvgIpc) is 2.86. The quantitative estimate of drug-likeness (QED) is 0.496. The summed E-state index contributed by atoms with van der Waals surface area (Å²) in [6.45, 7) is 5.71. The lowest BCUT2D eigenvalue weighted by molar-refractivity contribution is 0.0903. The molecule has 0 spiro atoms. The molecule has 1 fully saturated rings. The Morgan fingerprint density at radius 2 is 2.11 bits per heavy atom. The summed E-state index contributed by atoms with van der Waals surface area (Å²) in [6.07, 6.45) is 1.84. The molecule has 180 valence electrons. The Labute approximate surface area is 204 Å². The lowest BCUT2D eigenvalue weighted by atomic mass is 10.0. The Hall–Kier alpha value is -3.96. The number of likely N-dealkylation sites (tertiary alicyclic amines) is 1. The Bertz CT molecular complexity index is 1320. The number of ether oxygens (including phenoxy) is 1. The lowest BCUT2D eigenvalue weighted by Crippen LogP contribution is -2.46. The number of aromatic nitrogens is 1. The van der Waals surface area contributed by atoms with Gasteiger partial charge in [0.05, 0.1) is 24.6 Å². The zero-order valence-electron chi connectivity index (χ0n) is 19.9. The molecule has 35 heavy (non-hydrogen) atoms. The van der Waals surface area contributed by atoms with Gasteiger partial charge in [-0.25, -0.2) is 9.37 Å². The SMILES string of the molecule is C=C(C#N)CNc1c(OC)ccc2ccc(-c3ccc(F)c(C(=O)N[C@H]4CCCN(C)C4)n3)cc12. The molecular formula is C27H28FN5O2. The second kappa shape index (κ2) is 10.5. The maximum absolute atomic E-state index is 14.6. The summed E-state index contributed by atoms with van der Waals surface area (Å²) < 4.78 is 20.1. The van der Waals surface area contributed by atoms with Gasteiger partial charge in [0, 0.05) is 35.7 Å². The third kappa shape index (κ3) is 5.42. The number of hydrogen-bond acceptors (Lipinski definition) is 6. The van der Waals surface area contributed by atoms with E-state index in [0.717, 1.165) is 42.3 Å². The van der Waals surface area contributed by atoms with E-state index in [1.165, 1.54) is 6.07 Å². The monoisotopic (exact) mass is 473 g/mol. The van der Waals surface area contributed by atoms with Crippen LogP contribution in [-0.2, 0) is 0 Å². The van der Waals surface area contributed by atoms with Crippen molar-refractivity contribution in [2.45, 2.75) is 18.9 Å². The Balaban J connectivity index is 1.67. The fourth-order valence-corrected chi connectivity index (χ4v) is 4.35. The van der Waals surface area contributed by atoms with Gasteiger partial charge in [-0.2, -0.15) is 5.26 Å². The smallest absolute Gasteiger partial charge is 0.273 e. The van der Waals surface area contributed by atoms with Gasteiger partial charge in [-0.3, -0.25) is 4.79 Å². The number of methoxy groups -OCH3 is 1. The molecule has 2 N–H and O–H groups in total. The highest BCUT2D eigenvalue weighted by Crippen LogP contribution is 2.35. The first-order valence-electron chi connectivity index (χ1n) is 11.5. The molecule has 4 rings (SSSR count). The van der Waals surface area contributed by atoms with Crippen LogP contribution in [0.2, 0.25) is 0 Å². The number of nitrogens with one attached hydrogen (secondary N) is 2. The molecule has 0 aliphatic carbocycles. The molecule has 0 radical (unpaired) electrons. The summed E-state index contributed by atoms with van der Waals surface area (Å²) in [4.78, 5) is 19.4. The van der Waals surface area contributed by atoms with Crippen LogP contribution >= 0.6 is 0 Å². The van der Waals surface area contributed by atoms with Gasteiger partial charge < -0.3 is 20.3 Å². The van der Waals surface area contributed by atoms with Crippen molar-refractivity contribution in [3.05, 3.63) is 66.1 Å². The molecule has 0 unspecified atom stereocenters. The highest BCUT2D eigenvalue weighted by Gasteiger charge is 2.22. The molecule has 0 saturated carbocycles. The molecule has 1 amide bonds. The highest BCUT2D eigenvalue weighted by atomic mass is 19.1. The standard InChI is InChI=1S/C27H28FN5O2/c1-17(14-29)15-30-25-21-13-19(7-6-18(21)8-11-24(25)35-3)23-10-9-22(28)26(32-23)27(34)31-20-5-4-12-33(2)16-20/h6-11,13,20,30H,1,4-5,12,15-16H2,2-3H3,(H,31,34)/t20-/m0/s1. The van der Waals surface area contributed by atoms with Gasteiger partial charge in [0.15, 0.2) is 11.5 Å². The maximum atomic E-state index is 14.6. The summed E-state index contributed by atoms with van der Waals surface area (Å²) in [7, 11) is 3.58. The summed E-state index contributed by atoms with van der Waals surface area (Å²) >= 11 is 0. The predicted molar refractivity (Wildman–Crippen MR) is 135 cm³/mol. The molecule has 0 bridgehead atoms. The number of piperidine rings is 1. The fourth-order valence-electron chi connectivity index (χ4n) is 4.35. The first-order chi connectivity index (χ1) is 16.9. The Kier molecular flexibility index (Phi) is 7.28. The minimum Gasteiger partial charge on any atom is -0.495 e. The van der Waals surface area contributed by atoms with Crippen LogP contribution in [0.25, 0.3) is 22.0 Å². The number of anilines is 1. The number of benzene rings is 2. The number of carbonyl (C=O) groups is 1. The van der Waals surface area contributed by atoms with Crippen molar-refractivity contribution in [1.29, 1.82) is 5.26 Å². The van der Waals surface area contributed by atoms with Crippen LogP contribution in [-0.4, -0.2) is 55.6 Å². The van der Waals surface area contributed by atoms with Gasteiger partial charge >= 0.3 is 0 Å². The van der Waals surface area contributed by atoms with Crippen LogP contribution in [0.15, 0.2) is 54.6 Å². The number of fused-ring (bicyclic) bond motifs is 1. The fraction of sp³-hybridized carbons (Fsp3) is 0.296. The number of halogens is 1. The van der Waals surface area contributed by atoms with Gasteiger partial charge in [-0.1, -0.05) is 24.8 Å². The number of hydrogen-bond donors (Lipinski definition) is 2. The topological polar surface area (TPSA) is 90.3 Å². The molecule has 2 aromatic carbocycles. The molecule has 1 aromatic heterocycles. The minimum atomic E-state index is -0.657. The Morgan fingerprint density at radius 3 is 2.86 bits per heavy atom. The molecule has 1 aliphatic heterocycles. The molecule has 2 heterocycles. The average molecular weight is 474 g/mol. The van der Waals surface area contributed by atoms with E-state index in [1.807, 2.05) is 43.4 Å². The van der Waals surface area contributed by atoms with Crippen LogP contribution in [0.1, 0.15) is 23.3 Å². The summed E-state index contributed by atoms with van der Waals surface area (Å²) in [6, 6.07) is 14.3. The van der Waals surface area contributed by atoms with Gasteiger partial charge in [-0.05, 0) is 56.1 Å². The van der Waals surface area contributed by atoms with Crippen LogP contribution < -0.4 is 15.4 Å². The van der Waals surface area contributed by atoms with Crippen LogP contribution in [0.5, 0.6) is 5.75 Å². The van der Waals surface area contributed by atoms with Crippen molar-refractivity contribution < 1.29 is 13.9 Å². The molecule has 3 aromatic rings. The molecular weight excluding hydrogens is 445 g/mol. The number of likely N-dealkylation sites (N-methyl/N-ethyl adjacent to an activating group) is 1. The molecule has 7 nitrogen and oxygen atoms in total. The van der Waals surface area contributed by atoms with Crippen LogP contribution in [0.4, 0.5) is 10.1 Å². The summed E-state index contributed by atoms with van der Waals surface area (Å²) in [5.41, 5.74) is 2.09. The largest absolute Gasteiger partial charge is 0.495 e. The molecule has 8 heteroatoms. The Morgan fingerprint density at radius 1 is 1.31 bits per heavy atom. The van der Waals surface area contributed by atoms with E-state index in [2.05, 4.69) is 27.1 Å². The van der Waals surface area contributed by atoms with Gasteiger partial charge in [0.2, 0.25) is 0 Å². The third-order valence-electron chi connectivity index (χ3n) is 6.16. The van der Waals surface area contributed by atoms with E-state index in [4.69, 9.17) is 10.00 Å². The number of nitriles is 1. The number of amides is 1. The second-order valence-electron chi connectivity index (χ2n) is 8.75. The van der Waals surface area contributed by atoms with Crippen molar-refractivity contribution in [1.82, 2.24) is 15.2 Å². The van der Waals surface area contributed by atoms with Gasteiger partial charge in [0.25, 0.3) is 5.91 Å².